The first-order valence-electron chi connectivity index (χ1n) is 7.96. The number of nitrogens with zero attached hydrogens (tertiary/aromatic N) is 4. The van der Waals surface area contributed by atoms with E-state index in [4.69, 9.17) is 0 Å². The molecule has 0 spiro atoms. The Labute approximate surface area is 139 Å². The molecule has 0 bridgehead atoms. The molecule has 126 valence electrons. The number of rotatable bonds is 6. The third-order valence-electron chi connectivity index (χ3n) is 4.19. The van der Waals surface area contributed by atoms with E-state index in [1.807, 2.05) is 25.1 Å². The van der Waals surface area contributed by atoms with Crippen molar-refractivity contribution in [1.29, 1.82) is 0 Å². The first-order valence-corrected chi connectivity index (χ1v) is 7.96. The fourth-order valence-electron chi connectivity index (χ4n) is 2.55. The third kappa shape index (κ3) is 3.76. The van der Waals surface area contributed by atoms with Crippen molar-refractivity contribution in [3.05, 3.63) is 30.1 Å². The van der Waals surface area contributed by atoms with E-state index >= 15 is 0 Å². The number of benzene rings is 1. The number of hydrogen-bond acceptors (Lipinski definition) is 5. The van der Waals surface area contributed by atoms with Crippen LogP contribution in [0.1, 0.15) is 25.3 Å². The molecule has 0 aliphatic heterocycles. The van der Waals surface area contributed by atoms with E-state index in [0.29, 0.717) is 18.2 Å². The van der Waals surface area contributed by atoms with E-state index in [1.165, 1.54) is 6.33 Å². The molecule has 24 heavy (non-hydrogen) atoms. The highest BCUT2D eigenvalue weighted by Crippen LogP contribution is 2.37. The molecule has 2 atom stereocenters. The van der Waals surface area contributed by atoms with E-state index in [1.54, 1.807) is 4.68 Å². The van der Waals surface area contributed by atoms with E-state index in [0.717, 1.165) is 17.7 Å². The number of hydrogen-bond donors (Lipinski definition) is 2. The lowest BCUT2D eigenvalue weighted by Crippen LogP contribution is -2.29. The molecule has 2 aromatic rings. The molecular weight excluding hydrogens is 308 g/mol. The van der Waals surface area contributed by atoms with E-state index in [9.17, 15) is 9.59 Å². The molecule has 1 heterocycles. The maximum atomic E-state index is 12.0. The van der Waals surface area contributed by atoms with Gasteiger partial charge in [0.1, 0.15) is 6.33 Å². The normalized spacial score (nSPS) is 18.9. The lowest BCUT2D eigenvalue weighted by atomic mass is 10.2. The fraction of sp³-hybridized carbons (Fsp3) is 0.438. The second kappa shape index (κ2) is 6.77. The minimum absolute atomic E-state index is 0.0478. The van der Waals surface area contributed by atoms with Crippen molar-refractivity contribution >= 4 is 17.5 Å². The van der Waals surface area contributed by atoms with Gasteiger partial charge in [0.2, 0.25) is 11.8 Å². The zero-order valence-corrected chi connectivity index (χ0v) is 13.7. The topological polar surface area (TPSA) is 102 Å². The highest BCUT2D eigenvalue weighted by Gasteiger charge is 2.38. The number of tetrazole rings is 1. The van der Waals surface area contributed by atoms with Gasteiger partial charge in [-0.2, -0.15) is 0 Å². The van der Waals surface area contributed by atoms with Crippen molar-refractivity contribution in [3.63, 3.8) is 0 Å². The van der Waals surface area contributed by atoms with Crippen LogP contribution in [-0.4, -0.2) is 38.6 Å². The van der Waals surface area contributed by atoms with Crippen molar-refractivity contribution in [2.75, 3.05) is 11.9 Å². The summed E-state index contributed by atoms with van der Waals surface area (Å²) in [4.78, 5) is 23.7. The summed E-state index contributed by atoms with van der Waals surface area (Å²) in [6.07, 6.45) is 2.69. The summed E-state index contributed by atoms with van der Waals surface area (Å²) in [7, 11) is 0. The van der Waals surface area contributed by atoms with Crippen molar-refractivity contribution in [3.8, 4) is 5.69 Å². The zero-order valence-electron chi connectivity index (χ0n) is 13.7. The van der Waals surface area contributed by atoms with Gasteiger partial charge in [0.15, 0.2) is 0 Å². The Morgan fingerprint density at radius 1 is 1.38 bits per heavy atom. The predicted octanol–water partition coefficient (Wildman–Crippen LogP) is 1.07. The van der Waals surface area contributed by atoms with Crippen molar-refractivity contribution in [2.45, 2.75) is 26.7 Å². The molecule has 0 unspecified atom stereocenters. The number of carbonyl (C=O) groups is 2. The number of aryl methyl sites for hydroxylation is 1. The lowest BCUT2D eigenvalue weighted by Gasteiger charge is -2.10. The molecule has 1 fully saturated rings. The molecule has 8 nitrogen and oxygen atoms in total. The second-order valence-electron chi connectivity index (χ2n) is 6.16. The molecule has 1 aliphatic carbocycles. The van der Waals surface area contributed by atoms with Crippen LogP contribution in [-0.2, 0) is 9.59 Å². The first-order chi connectivity index (χ1) is 11.5. The molecule has 1 aromatic heterocycles. The Bertz CT molecular complexity index is 743. The molecule has 0 saturated heterocycles. The first kappa shape index (κ1) is 16.1. The van der Waals surface area contributed by atoms with E-state index in [-0.39, 0.29) is 24.2 Å². The Kier molecular flexibility index (Phi) is 4.54. The summed E-state index contributed by atoms with van der Waals surface area (Å²) in [6, 6.07) is 5.53. The second-order valence-corrected chi connectivity index (χ2v) is 6.16. The summed E-state index contributed by atoms with van der Waals surface area (Å²) in [6.45, 7) is 4.34. The molecule has 1 saturated carbocycles. The van der Waals surface area contributed by atoms with Crippen molar-refractivity contribution < 1.29 is 9.59 Å². The molecule has 8 heteroatoms. The van der Waals surface area contributed by atoms with Gasteiger partial charge < -0.3 is 10.6 Å². The standard InChI is InChI=1S/C16H20N6O2/c1-10-3-4-12(8-14(10)22-9-18-20-21-22)19-15(23)5-6-17-16(24)13-7-11(13)2/h3-4,8-9,11,13H,5-7H2,1-2H3,(H,17,24)(H,19,23)/t11-,13-/m0/s1. The largest absolute Gasteiger partial charge is 0.355 e. The number of anilines is 1. The SMILES string of the molecule is Cc1ccc(NC(=O)CCNC(=O)[C@H]2C[C@@H]2C)cc1-n1cnnn1. The molecule has 3 rings (SSSR count). The van der Waals surface area contributed by atoms with Crippen LogP contribution in [0.4, 0.5) is 5.69 Å². The van der Waals surface area contributed by atoms with Crippen LogP contribution >= 0.6 is 0 Å². The Morgan fingerprint density at radius 2 is 2.17 bits per heavy atom. The predicted molar refractivity (Wildman–Crippen MR) is 87.4 cm³/mol. The van der Waals surface area contributed by atoms with E-state index < -0.39 is 0 Å². The Morgan fingerprint density at radius 3 is 2.83 bits per heavy atom. The van der Waals surface area contributed by atoms with Gasteiger partial charge >= 0.3 is 0 Å². The van der Waals surface area contributed by atoms with Crippen molar-refractivity contribution in [1.82, 2.24) is 25.5 Å². The third-order valence-corrected chi connectivity index (χ3v) is 4.19. The van der Waals surface area contributed by atoms with Gasteiger partial charge in [0.05, 0.1) is 5.69 Å². The van der Waals surface area contributed by atoms with Gasteiger partial charge in [0.25, 0.3) is 0 Å². The smallest absolute Gasteiger partial charge is 0.226 e. The monoisotopic (exact) mass is 328 g/mol. The van der Waals surface area contributed by atoms with Gasteiger partial charge in [-0.3, -0.25) is 9.59 Å². The summed E-state index contributed by atoms with van der Waals surface area (Å²) >= 11 is 0. The number of carbonyl (C=O) groups excluding carboxylic acids is 2. The summed E-state index contributed by atoms with van der Waals surface area (Å²) in [5.74, 6) is 0.498. The average Bonchev–Trinajstić information content (AvgIpc) is 3.06. The Hall–Kier alpha value is -2.77. The van der Waals surface area contributed by atoms with E-state index in [2.05, 4.69) is 33.1 Å². The van der Waals surface area contributed by atoms with Crippen LogP contribution in [0.3, 0.4) is 0 Å². The minimum Gasteiger partial charge on any atom is -0.355 e. The summed E-state index contributed by atoms with van der Waals surface area (Å²) in [5.41, 5.74) is 2.46. The van der Waals surface area contributed by atoms with Crippen LogP contribution in [0.15, 0.2) is 24.5 Å². The van der Waals surface area contributed by atoms with Crippen LogP contribution in [0, 0.1) is 18.8 Å². The van der Waals surface area contributed by atoms with Gasteiger partial charge in [-0.1, -0.05) is 13.0 Å². The maximum absolute atomic E-state index is 12.0. The summed E-state index contributed by atoms with van der Waals surface area (Å²) < 4.78 is 1.54. The number of aromatic nitrogens is 4. The van der Waals surface area contributed by atoms with Crippen molar-refractivity contribution in [2.24, 2.45) is 11.8 Å². The van der Waals surface area contributed by atoms with Gasteiger partial charge in [0, 0.05) is 24.6 Å². The minimum atomic E-state index is -0.148. The Balaban J connectivity index is 1.53. The molecule has 2 N–H and O–H groups in total. The van der Waals surface area contributed by atoms with Gasteiger partial charge in [-0.25, -0.2) is 4.68 Å². The number of nitrogens with one attached hydrogen (secondary N) is 2. The average molecular weight is 328 g/mol. The highest BCUT2D eigenvalue weighted by molar-refractivity contribution is 5.91. The molecular formula is C16H20N6O2. The quantitative estimate of drug-likeness (QED) is 0.826. The fourth-order valence-corrected chi connectivity index (χ4v) is 2.55. The summed E-state index contributed by atoms with van der Waals surface area (Å²) in [5, 5.41) is 16.7. The van der Waals surface area contributed by atoms with Crippen LogP contribution in [0.25, 0.3) is 5.69 Å². The number of amides is 2. The lowest BCUT2D eigenvalue weighted by molar-refractivity contribution is -0.122. The van der Waals surface area contributed by atoms with Crippen LogP contribution in [0.5, 0.6) is 0 Å². The van der Waals surface area contributed by atoms with Gasteiger partial charge in [-0.05, 0) is 47.4 Å². The maximum Gasteiger partial charge on any atom is 0.226 e. The molecule has 2 amide bonds. The molecule has 0 radical (unpaired) electrons. The van der Waals surface area contributed by atoms with Gasteiger partial charge in [-0.15, -0.1) is 5.10 Å². The van der Waals surface area contributed by atoms with Crippen LogP contribution < -0.4 is 10.6 Å². The molecule has 1 aliphatic rings. The molecule has 1 aromatic carbocycles. The van der Waals surface area contributed by atoms with Crippen LogP contribution in [0.2, 0.25) is 0 Å². The highest BCUT2D eigenvalue weighted by atomic mass is 16.2. The zero-order chi connectivity index (χ0) is 17.1.